The van der Waals surface area contributed by atoms with Gasteiger partial charge in [-0.25, -0.2) is 13.2 Å². The van der Waals surface area contributed by atoms with Crippen LogP contribution in [0, 0.1) is 0 Å². The summed E-state index contributed by atoms with van der Waals surface area (Å²) in [6.45, 7) is 3.36. The molecule has 0 aromatic carbocycles. The van der Waals surface area contributed by atoms with Crippen molar-refractivity contribution in [3.8, 4) is 0 Å². The van der Waals surface area contributed by atoms with Gasteiger partial charge >= 0.3 is 35.5 Å². The Balaban J connectivity index is -0.000000238. The van der Waals surface area contributed by atoms with Crippen molar-refractivity contribution in [2.75, 3.05) is 39.6 Å². The molecule has 0 aliphatic rings. The Morgan fingerprint density at radius 3 is 2.22 bits per heavy atom. The topological polar surface area (TPSA) is 107 Å². The molecule has 0 aliphatic carbocycles. The number of carbonyl (C=O) groups excluding carboxylic acids is 1. The third kappa shape index (κ3) is 25.0. The second kappa shape index (κ2) is 13.5. The van der Waals surface area contributed by atoms with E-state index in [1.54, 1.807) is 19.0 Å². The second-order valence-corrected chi connectivity index (χ2v) is 4.68. The predicted octanol–water partition coefficient (Wildman–Crippen LogP) is -4.19. The molecule has 0 aliphatic heterocycles. The average molecular weight is 291 g/mol. The number of hydrogen-bond acceptors (Lipinski definition) is 7. The summed E-state index contributed by atoms with van der Waals surface area (Å²) in [6, 6.07) is 0. The minimum absolute atomic E-state index is 0. The van der Waals surface area contributed by atoms with Crippen LogP contribution < -0.4 is 29.6 Å². The molecule has 7 nitrogen and oxygen atoms in total. The quantitative estimate of drug-likeness (QED) is 0.229. The van der Waals surface area contributed by atoms with Crippen LogP contribution in [0.2, 0.25) is 0 Å². The van der Waals surface area contributed by atoms with Gasteiger partial charge in [0.05, 0.1) is 22.5 Å². The maximum absolute atomic E-state index is 10.1. The Hall–Kier alpha value is 0.0400. The standard InChI is InChI=1S/C5H8O3.C4H11NO3S.Na/c1-2-5(7)8-4-3-6;1-5(2)3-4-9(6,7)8;/h2,6H,1,3-4H2;3-4H2,1-2H3,(H,6,7,8);/q;;+1/p-1. The van der Waals surface area contributed by atoms with Crippen LogP contribution in [0.5, 0.6) is 0 Å². The number of esters is 1. The van der Waals surface area contributed by atoms with Gasteiger partial charge in [0.2, 0.25) is 0 Å². The van der Waals surface area contributed by atoms with Gasteiger partial charge in [-0.2, -0.15) is 0 Å². The van der Waals surface area contributed by atoms with Crippen LogP contribution >= 0.6 is 0 Å². The molecule has 0 atom stereocenters. The van der Waals surface area contributed by atoms with Crippen molar-refractivity contribution >= 4 is 16.1 Å². The molecule has 0 bridgehead atoms. The molecule has 0 rings (SSSR count). The van der Waals surface area contributed by atoms with Crippen molar-refractivity contribution in [3.05, 3.63) is 12.7 Å². The van der Waals surface area contributed by atoms with Crippen molar-refractivity contribution in [2.45, 2.75) is 0 Å². The number of carbonyl (C=O) groups is 1. The van der Waals surface area contributed by atoms with Crippen molar-refractivity contribution in [2.24, 2.45) is 0 Å². The number of hydrogen-bond donors (Lipinski definition) is 1. The van der Waals surface area contributed by atoms with E-state index in [9.17, 15) is 17.8 Å². The fourth-order valence-electron chi connectivity index (χ4n) is 0.500. The maximum atomic E-state index is 10.1. The van der Waals surface area contributed by atoms with Gasteiger partial charge in [-0.05, 0) is 14.1 Å². The molecule has 0 aromatic heterocycles. The van der Waals surface area contributed by atoms with Gasteiger partial charge in [0.25, 0.3) is 0 Å². The number of aliphatic hydroxyl groups is 1. The van der Waals surface area contributed by atoms with E-state index in [4.69, 9.17) is 5.11 Å². The van der Waals surface area contributed by atoms with E-state index in [1.165, 1.54) is 0 Å². The molecule has 9 heteroatoms. The molecule has 1 N–H and O–H groups in total. The van der Waals surface area contributed by atoms with E-state index in [0.29, 0.717) is 6.54 Å². The summed E-state index contributed by atoms with van der Waals surface area (Å²) in [5.74, 6) is -0.806. The Morgan fingerprint density at radius 2 is 2.00 bits per heavy atom. The molecule has 0 amide bonds. The van der Waals surface area contributed by atoms with Crippen LogP contribution in [0.3, 0.4) is 0 Å². The number of aliphatic hydroxyl groups excluding tert-OH is 1. The molecule has 0 radical (unpaired) electrons. The van der Waals surface area contributed by atoms with E-state index in [0.717, 1.165) is 6.08 Å². The van der Waals surface area contributed by atoms with E-state index in [-0.39, 0.29) is 48.5 Å². The van der Waals surface area contributed by atoms with E-state index in [1.807, 2.05) is 0 Å². The van der Waals surface area contributed by atoms with Gasteiger partial charge in [0.1, 0.15) is 6.61 Å². The van der Waals surface area contributed by atoms with Gasteiger partial charge in [0.15, 0.2) is 0 Å². The van der Waals surface area contributed by atoms with Crippen LogP contribution in [0.15, 0.2) is 12.7 Å². The molecule has 18 heavy (non-hydrogen) atoms. The summed E-state index contributed by atoms with van der Waals surface area (Å²) in [5.41, 5.74) is 0. The van der Waals surface area contributed by atoms with Crippen molar-refractivity contribution in [3.63, 3.8) is 0 Å². The zero-order valence-electron chi connectivity index (χ0n) is 11.0. The fourth-order valence-corrected chi connectivity index (χ4v) is 1.09. The molecule has 0 spiro atoms. The molecular weight excluding hydrogens is 273 g/mol. The van der Waals surface area contributed by atoms with Crippen molar-refractivity contribution in [1.82, 2.24) is 4.90 Å². The van der Waals surface area contributed by atoms with Crippen LogP contribution in [-0.4, -0.2) is 68.6 Å². The minimum Gasteiger partial charge on any atom is -0.748 e. The summed E-state index contributed by atoms with van der Waals surface area (Å²) in [5, 5.41) is 8.10. The molecule has 0 heterocycles. The molecule has 102 valence electrons. The molecule has 0 fully saturated rings. The molecule has 0 saturated carbocycles. The SMILES string of the molecule is C=CC(=O)OCCO.CN(C)CCS(=O)(=O)[O-].[Na+]. The van der Waals surface area contributed by atoms with Crippen molar-refractivity contribution in [1.29, 1.82) is 0 Å². The van der Waals surface area contributed by atoms with Crippen LogP contribution in [0.25, 0.3) is 0 Å². The predicted molar refractivity (Wildman–Crippen MR) is 61.4 cm³/mol. The smallest absolute Gasteiger partial charge is 0.748 e. The van der Waals surface area contributed by atoms with Gasteiger partial charge in [-0.1, -0.05) is 6.58 Å². The number of ether oxygens (including phenoxy) is 1. The molecule has 0 saturated heterocycles. The summed E-state index contributed by atoms with van der Waals surface area (Å²) >= 11 is 0. The molecule has 0 unspecified atom stereocenters. The van der Waals surface area contributed by atoms with Gasteiger partial charge < -0.3 is 19.3 Å². The summed E-state index contributed by atoms with van der Waals surface area (Å²) in [4.78, 5) is 11.8. The van der Waals surface area contributed by atoms with Gasteiger partial charge in [-0.3, -0.25) is 0 Å². The second-order valence-electron chi connectivity index (χ2n) is 3.16. The maximum Gasteiger partial charge on any atom is 1.00 e. The van der Waals surface area contributed by atoms with Crippen molar-refractivity contribution < 1.29 is 57.2 Å². The zero-order chi connectivity index (χ0) is 13.9. The third-order valence-corrected chi connectivity index (χ3v) is 1.97. The fraction of sp³-hybridized carbons (Fsp3) is 0.667. The monoisotopic (exact) mass is 291 g/mol. The molecule has 0 aromatic rings. The van der Waals surface area contributed by atoms with Gasteiger partial charge in [0, 0.05) is 12.6 Å². The van der Waals surface area contributed by atoms with Crippen LogP contribution in [0.4, 0.5) is 0 Å². The van der Waals surface area contributed by atoms with E-state index in [2.05, 4.69) is 11.3 Å². The Bertz CT molecular complexity index is 317. The first kappa shape index (κ1) is 23.2. The normalized spacial score (nSPS) is 9.83. The zero-order valence-corrected chi connectivity index (χ0v) is 13.8. The van der Waals surface area contributed by atoms with E-state index >= 15 is 0 Å². The largest absolute Gasteiger partial charge is 1.00 e. The summed E-state index contributed by atoms with van der Waals surface area (Å²) < 4.78 is 34.2. The average Bonchev–Trinajstić information content (AvgIpc) is 2.23. The van der Waals surface area contributed by atoms with Crippen LogP contribution in [-0.2, 0) is 19.6 Å². The Labute approximate surface area is 130 Å². The van der Waals surface area contributed by atoms with Crippen LogP contribution in [0.1, 0.15) is 0 Å². The Morgan fingerprint density at radius 1 is 1.50 bits per heavy atom. The third-order valence-electron chi connectivity index (χ3n) is 1.29. The first-order valence-electron chi connectivity index (χ1n) is 4.71. The molecular formula is C9H18NNaO6S. The van der Waals surface area contributed by atoms with Gasteiger partial charge in [-0.15, -0.1) is 0 Å². The first-order valence-corrected chi connectivity index (χ1v) is 6.29. The van der Waals surface area contributed by atoms with E-state index < -0.39 is 16.1 Å². The first-order chi connectivity index (χ1) is 7.72. The minimum atomic E-state index is -4.01. The Kier molecular flexibility index (Phi) is 17.3. The number of nitrogens with zero attached hydrogens (tertiary/aromatic N) is 1. The number of rotatable bonds is 6. The summed E-state index contributed by atoms with van der Waals surface area (Å²) in [7, 11) is -0.584. The summed E-state index contributed by atoms with van der Waals surface area (Å²) in [6.07, 6.45) is 1.05.